The van der Waals surface area contributed by atoms with Crippen molar-refractivity contribution in [3.63, 3.8) is 0 Å². The van der Waals surface area contributed by atoms with Crippen LogP contribution in [0.3, 0.4) is 0 Å². The number of halogens is 1. The molecule has 0 bridgehead atoms. The molecule has 2 aromatic rings. The third-order valence-electron chi connectivity index (χ3n) is 4.48. The highest BCUT2D eigenvalue weighted by Crippen LogP contribution is 2.45. The summed E-state index contributed by atoms with van der Waals surface area (Å²) in [6.45, 7) is 5.60. The molecule has 1 amide bonds. The molecule has 0 aliphatic carbocycles. The maximum Gasteiger partial charge on any atom is 0.338 e. The van der Waals surface area contributed by atoms with Gasteiger partial charge < -0.3 is 5.11 Å². The first-order chi connectivity index (χ1) is 11.2. The van der Waals surface area contributed by atoms with E-state index in [2.05, 4.69) is 0 Å². The molecule has 1 aliphatic rings. The summed E-state index contributed by atoms with van der Waals surface area (Å²) in [7, 11) is 0. The van der Waals surface area contributed by atoms with E-state index in [9.17, 15) is 19.1 Å². The molecule has 5 heteroatoms. The summed E-state index contributed by atoms with van der Waals surface area (Å²) in [4.78, 5) is 25.6. The number of carbonyl (C=O) groups excluding carboxylic acids is 1. The summed E-state index contributed by atoms with van der Waals surface area (Å²) in [5.41, 5.74) is 1.64. The number of carbonyl (C=O) groups is 2. The fourth-order valence-corrected chi connectivity index (χ4v) is 3.22. The van der Waals surface area contributed by atoms with Crippen LogP contribution in [0, 0.1) is 12.7 Å². The molecule has 0 atom stereocenters. The van der Waals surface area contributed by atoms with Gasteiger partial charge in [-0.3, -0.25) is 9.69 Å². The number of anilines is 2. The Kier molecular flexibility index (Phi) is 3.67. The van der Waals surface area contributed by atoms with Gasteiger partial charge in [-0.25, -0.2) is 9.18 Å². The second kappa shape index (κ2) is 5.44. The molecule has 0 fully saturated rings. The van der Waals surface area contributed by atoms with E-state index < -0.39 is 22.8 Å². The minimum atomic E-state index is -1.35. The average molecular weight is 327 g/mol. The second-order valence-electron chi connectivity index (χ2n) is 6.73. The Morgan fingerprint density at radius 2 is 1.88 bits per heavy atom. The summed E-state index contributed by atoms with van der Waals surface area (Å²) in [6.07, 6.45) is 0.222. The molecule has 2 aromatic carbocycles. The second-order valence-corrected chi connectivity index (χ2v) is 6.73. The van der Waals surface area contributed by atoms with E-state index in [4.69, 9.17) is 0 Å². The quantitative estimate of drug-likeness (QED) is 0.900. The summed E-state index contributed by atoms with van der Waals surface area (Å²) in [5.74, 6) is -2.27. The normalized spacial score (nSPS) is 16.0. The molecular weight excluding hydrogens is 309 g/mol. The highest BCUT2D eigenvalue weighted by atomic mass is 19.1. The maximum atomic E-state index is 14.2. The van der Waals surface area contributed by atoms with E-state index in [1.807, 2.05) is 39.0 Å². The standard InChI is InChI=1S/C19H18FNO3/c1-11-6-4-5-7-15(11)21-16-8-12(18(23)24)14(20)9-13(16)19(2,3)10-17(21)22/h4-9H,10H2,1-3H3,(H,23,24). The Bertz CT molecular complexity index is 858. The van der Waals surface area contributed by atoms with Gasteiger partial charge in [-0.1, -0.05) is 32.0 Å². The minimum absolute atomic E-state index is 0.134. The molecule has 3 rings (SSSR count). The third-order valence-corrected chi connectivity index (χ3v) is 4.48. The van der Waals surface area contributed by atoms with Crippen LogP contribution < -0.4 is 4.90 Å². The monoisotopic (exact) mass is 327 g/mol. The molecule has 124 valence electrons. The number of nitrogens with zero attached hydrogens (tertiary/aromatic N) is 1. The molecule has 1 aliphatic heterocycles. The van der Waals surface area contributed by atoms with Crippen LogP contribution in [0.25, 0.3) is 0 Å². The van der Waals surface area contributed by atoms with Gasteiger partial charge in [-0.05, 0) is 36.2 Å². The van der Waals surface area contributed by atoms with E-state index in [1.54, 1.807) is 6.07 Å². The largest absolute Gasteiger partial charge is 0.478 e. The topological polar surface area (TPSA) is 57.6 Å². The van der Waals surface area contributed by atoms with E-state index in [1.165, 1.54) is 17.0 Å². The smallest absolute Gasteiger partial charge is 0.338 e. The van der Waals surface area contributed by atoms with Gasteiger partial charge in [0.2, 0.25) is 5.91 Å². The Labute approximate surface area is 139 Å². The van der Waals surface area contributed by atoms with E-state index in [0.29, 0.717) is 16.9 Å². The zero-order valence-electron chi connectivity index (χ0n) is 13.8. The van der Waals surface area contributed by atoms with Crippen molar-refractivity contribution in [1.82, 2.24) is 0 Å². The first-order valence-electron chi connectivity index (χ1n) is 7.68. The number of carboxylic acids is 1. The molecule has 0 saturated carbocycles. The van der Waals surface area contributed by atoms with Gasteiger partial charge in [-0.15, -0.1) is 0 Å². The lowest BCUT2D eigenvalue weighted by atomic mass is 9.76. The van der Waals surface area contributed by atoms with Crippen LogP contribution in [0.2, 0.25) is 0 Å². The van der Waals surface area contributed by atoms with Crippen molar-refractivity contribution in [2.75, 3.05) is 4.90 Å². The van der Waals surface area contributed by atoms with Crippen LogP contribution in [-0.4, -0.2) is 17.0 Å². The van der Waals surface area contributed by atoms with E-state index in [-0.39, 0.29) is 12.3 Å². The highest BCUT2D eigenvalue weighted by Gasteiger charge is 2.39. The van der Waals surface area contributed by atoms with Crippen molar-refractivity contribution in [3.05, 3.63) is 58.9 Å². The summed E-state index contributed by atoms with van der Waals surface area (Å²) in [6, 6.07) is 9.87. The fourth-order valence-electron chi connectivity index (χ4n) is 3.22. The van der Waals surface area contributed by atoms with E-state index in [0.717, 1.165) is 5.56 Å². The lowest BCUT2D eigenvalue weighted by Gasteiger charge is -2.39. The van der Waals surface area contributed by atoms with Crippen molar-refractivity contribution < 1.29 is 19.1 Å². The Morgan fingerprint density at radius 1 is 1.21 bits per heavy atom. The van der Waals surface area contributed by atoms with Crippen LogP contribution >= 0.6 is 0 Å². The van der Waals surface area contributed by atoms with Gasteiger partial charge in [0, 0.05) is 11.8 Å². The molecule has 0 aromatic heterocycles. The number of hydrogen-bond donors (Lipinski definition) is 1. The molecule has 0 unspecified atom stereocenters. The van der Waals surface area contributed by atoms with Crippen LogP contribution in [0.4, 0.5) is 15.8 Å². The molecular formula is C19H18FNO3. The first kappa shape index (κ1) is 16.2. The van der Waals surface area contributed by atoms with Gasteiger partial charge in [0.1, 0.15) is 5.82 Å². The van der Waals surface area contributed by atoms with Crippen LogP contribution in [-0.2, 0) is 10.2 Å². The lowest BCUT2D eigenvalue weighted by Crippen LogP contribution is -2.39. The van der Waals surface area contributed by atoms with Crippen molar-refractivity contribution in [2.45, 2.75) is 32.6 Å². The number of carboxylic acid groups (broad SMARTS) is 1. The third kappa shape index (κ3) is 2.46. The van der Waals surface area contributed by atoms with Crippen molar-refractivity contribution >= 4 is 23.3 Å². The summed E-state index contributed by atoms with van der Waals surface area (Å²) < 4.78 is 14.2. The van der Waals surface area contributed by atoms with Gasteiger partial charge in [0.25, 0.3) is 0 Å². The predicted octanol–water partition coefficient (Wildman–Crippen LogP) is 4.18. The van der Waals surface area contributed by atoms with Gasteiger partial charge in [0.05, 0.1) is 16.9 Å². The number of para-hydroxylation sites is 1. The van der Waals surface area contributed by atoms with Gasteiger partial charge in [-0.2, -0.15) is 0 Å². The van der Waals surface area contributed by atoms with Crippen molar-refractivity contribution in [3.8, 4) is 0 Å². The van der Waals surface area contributed by atoms with Gasteiger partial charge in [0.15, 0.2) is 0 Å². The van der Waals surface area contributed by atoms with Crippen LogP contribution in [0.5, 0.6) is 0 Å². The molecule has 24 heavy (non-hydrogen) atoms. The molecule has 1 N–H and O–H groups in total. The number of hydrogen-bond acceptors (Lipinski definition) is 2. The number of amides is 1. The molecule has 4 nitrogen and oxygen atoms in total. The van der Waals surface area contributed by atoms with Crippen LogP contribution in [0.1, 0.15) is 41.8 Å². The Morgan fingerprint density at radius 3 is 2.50 bits per heavy atom. The SMILES string of the molecule is Cc1ccccc1N1C(=O)CC(C)(C)c2cc(F)c(C(=O)O)cc21. The van der Waals surface area contributed by atoms with E-state index >= 15 is 0 Å². The Hall–Kier alpha value is -2.69. The zero-order chi connectivity index (χ0) is 17.6. The lowest BCUT2D eigenvalue weighted by molar-refractivity contribution is -0.119. The van der Waals surface area contributed by atoms with Crippen molar-refractivity contribution in [1.29, 1.82) is 0 Å². The molecule has 0 saturated heterocycles. The highest BCUT2D eigenvalue weighted by molar-refractivity contribution is 6.05. The maximum absolute atomic E-state index is 14.2. The number of aryl methyl sites for hydroxylation is 1. The zero-order valence-corrected chi connectivity index (χ0v) is 13.8. The molecule has 0 spiro atoms. The first-order valence-corrected chi connectivity index (χ1v) is 7.68. The molecule has 1 heterocycles. The molecule has 0 radical (unpaired) electrons. The summed E-state index contributed by atoms with van der Waals surface area (Å²) in [5, 5.41) is 9.23. The fraction of sp³-hybridized carbons (Fsp3) is 0.263. The van der Waals surface area contributed by atoms with Crippen LogP contribution in [0.15, 0.2) is 36.4 Å². The van der Waals surface area contributed by atoms with Gasteiger partial charge >= 0.3 is 5.97 Å². The number of aromatic carboxylic acids is 1. The average Bonchev–Trinajstić information content (AvgIpc) is 2.48. The minimum Gasteiger partial charge on any atom is -0.478 e. The number of rotatable bonds is 2. The number of fused-ring (bicyclic) bond motifs is 1. The number of benzene rings is 2. The predicted molar refractivity (Wildman–Crippen MR) is 89.3 cm³/mol. The Balaban J connectivity index is 2.31. The van der Waals surface area contributed by atoms with Crippen molar-refractivity contribution in [2.24, 2.45) is 0 Å². The summed E-state index contributed by atoms with van der Waals surface area (Å²) >= 11 is 0.